The van der Waals surface area contributed by atoms with Gasteiger partial charge in [0.15, 0.2) is 5.82 Å². The van der Waals surface area contributed by atoms with Gasteiger partial charge in [0.25, 0.3) is 0 Å². The molecule has 0 saturated heterocycles. The number of nitrogens with zero attached hydrogens (tertiary/aromatic N) is 2. The predicted octanol–water partition coefficient (Wildman–Crippen LogP) is 1.34. The fourth-order valence-corrected chi connectivity index (χ4v) is 2.11. The molecule has 2 amide bonds. The number of hydrogen-bond acceptors (Lipinski definition) is 5. The molecule has 7 nitrogen and oxygen atoms in total. The number of anilines is 1. The van der Waals surface area contributed by atoms with Crippen molar-refractivity contribution in [2.75, 3.05) is 26.0 Å². The molecule has 2 aromatic rings. The number of amides is 2. The van der Waals surface area contributed by atoms with Gasteiger partial charge in [-0.3, -0.25) is 14.9 Å². The Hall–Kier alpha value is -2.67. The molecule has 2 N–H and O–H groups in total. The summed E-state index contributed by atoms with van der Waals surface area (Å²) < 4.78 is 4.59. The first kappa shape index (κ1) is 16.7. The van der Waals surface area contributed by atoms with Crippen molar-refractivity contribution in [2.24, 2.45) is 0 Å². The van der Waals surface area contributed by atoms with Gasteiger partial charge in [0.05, 0.1) is 6.04 Å². The molecular weight excluding hydrogens is 296 g/mol. The Morgan fingerprint density at radius 3 is 2.43 bits per heavy atom. The van der Waals surface area contributed by atoms with Crippen molar-refractivity contribution in [3.63, 3.8) is 0 Å². The lowest BCUT2D eigenvalue weighted by Crippen LogP contribution is -2.40. The first-order valence-electron chi connectivity index (χ1n) is 7.20. The molecule has 23 heavy (non-hydrogen) atoms. The zero-order valence-electron chi connectivity index (χ0n) is 13.4. The van der Waals surface area contributed by atoms with Gasteiger partial charge in [0, 0.05) is 12.6 Å². The molecule has 1 aromatic carbocycles. The second-order valence-electron chi connectivity index (χ2n) is 5.44. The largest absolute Gasteiger partial charge is 0.363 e. The highest BCUT2D eigenvalue weighted by atomic mass is 16.5. The Morgan fingerprint density at radius 2 is 1.87 bits per heavy atom. The van der Waals surface area contributed by atoms with E-state index < -0.39 is 11.8 Å². The Kier molecular flexibility index (Phi) is 5.48. The summed E-state index contributed by atoms with van der Waals surface area (Å²) in [7, 11) is 3.85. The van der Waals surface area contributed by atoms with Crippen LogP contribution in [0.5, 0.6) is 0 Å². The van der Waals surface area contributed by atoms with Crippen molar-refractivity contribution in [2.45, 2.75) is 13.0 Å². The Labute approximate surface area is 134 Å². The van der Waals surface area contributed by atoms with Crippen molar-refractivity contribution < 1.29 is 14.1 Å². The SMILES string of the molecule is Cc1ccc([C@H](CNC(=O)C(=O)Nc2ccon2)N(C)C)cc1. The highest BCUT2D eigenvalue weighted by molar-refractivity contribution is 6.39. The van der Waals surface area contributed by atoms with Crippen LogP contribution in [0.25, 0.3) is 0 Å². The molecule has 0 aliphatic rings. The number of benzene rings is 1. The van der Waals surface area contributed by atoms with Crippen LogP contribution in [-0.2, 0) is 9.59 Å². The van der Waals surface area contributed by atoms with Gasteiger partial charge in [-0.05, 0) is 26.6 Å². The minimum Gasteiger partial charge on any atom is -0.363 e. The number of rotatable bonds is 5. The van der Waals surface area contributed by atoms with Crippen molar-refractivity contribution in [1.82, 2.24) is 15.4 Å². The quantitative estimate of drug-likeness (QED) is 0.813. The first-order valence-corrected chi connectivity index (χ1v) is 7.20. The van der Waals surface area contributed by atoms with Gasteiger partial charge in [-0.1, -0.05) is 35.0 Å². The van der Waals surface area contributed by atoms with Crippen LogP contribution in [0, 0.1) is 6.92 Å². The number of hydrogen-bond donors (Lipinski definition) is 2. The van der Waals surface area contributed by atoms with E-state index in [0.29, 0.717) is 6.54 Å². The molecule has 7 heteroatoms. The lowest BCUT2D eigenvalue weighted by atomic mass is 10.0. The summed E-state index contributed by atoms with van der Waals surface area (Å²) in [5, 5.41) is 8.51. The number of aromatic nitrogens is 1. The Balaban J connectivity index is 1.94. The minimum atomic E-state index is -0.777. The lowest BCUT2D eigenvalue weighted by Gasteiger charge is -2.25. The van der Waals surface area contributed by atoms with Crippen LogP contribution in [0.1, 0.15) is 17.2 Å². The van der Waals surface area contributed by atoms with Gasteiger partial charge in [-0.15, -0.1) is 0 Å². The number of carbonyl (C=O) groups excluding carboxylic acids is 2. The third kappa shape index (κ3) is 4.65. The van der Waals surface area contributed by atoms with Gasteiger partial charge >= 0.3 is 11.8 Å². The minimum absolute atomic E-state index is 0.0283. The van der Waals surface area contributed by atoms with Crippen LogP contribution in [0.3, 0.4) is 0 Å². The molecule has 1 atom stereocenters. The lowest BCUT2D eigenvalue weighted by molar-refractivity contribution is -0.136. The standard InChI is InChI=1S/C16H20N4O3/c1-11-4-6-12(7-5-11)13(20(2)3)10-17-15(21)16(22)18-14-8-9-23-19-14/h4-9,13H,10H2,1-3H3,(H,17,21)(H,18,19,22)/t13-/m0/s1. The normalized spacial score (nSPS) is 12.0. The predicted molar refractivity (Wildman–Crippen MR) is 85.7 cm³/mol. The fourth-order valence-electron chi connectivity index (χ4n) is 2.11. The molecule has 1 aromatic heterocycles. The van der Waals surface area contributed by atoms with Crippen molar-refractivity contribution in [3.8, 4) is 0 Å². The summed E-state index contributed by atoms with van der Waals surface area (Å²) >= 11 is 0. The number of aryl methyl sites for hydroxylation is 1. The third-order valence-corrected chi connectivity index (χ3v) is 3.43. The molecule has 0 aliphatic heterocycles. The van der Waals surface area contributed by atoms with Crippen LogP contribution in [0.4, 0.5) is 5.82 Å². The van der Waals surface area contributed by atoms with E-state index in [9.17, 15) is 9.59 Å². The molecule has 0 bridgehead atoms. The van der Waals surface area contributed by atoms with Crippen LogP contribution >= 0.6 is 0 Å². The summed E-state index contributed by atoms with van der Waals surface area (Å²) in [5.74, 6) is -1.29. The monoisotopic (exact) mass is 316 g/mol. The van der Waals surface area contributed by atoms with Gasteiger partial charge in [0.1, 0.15) is 6.26 Å². The highest BCUT2D eigenvalue weighted by Crippen LogP contribution is 2.17. The third-order valence-electron chi connectivity index (χ3n) is 3.43. The molecule has 1 heterocycles. The van der Waals surface area contributed by atoms with Crippen LogP contribution in [0.15, 0.2) is 41.1 Å². The molecule has 0 aliphatic carbocycles. The average Bonchev–Trinajstić information content (AvgIpc) is 3.01. The highest BCUT2D eigenvalue weighted by Gasteiger charge is 2.19. The number of likely N-dealkylation sites (N-methyl/N-ethyl adjacent to an activating group) is 1. The van der Waals surface area contributed by atoms with Gasteiger partial charge in [0.2, 0.25) is 0 Å². The average molecular weight is 316 g/mol. The van der Waals surface area contributed by atoms with E-state index in [-0.39, 0.29) is 11.9 Å². The molecule has 0 saturated carbocycles. The van der Waals surface area contributed by atoms with E-state index in [0.717, 1.165) is 5.56 Å². The van der Waals surface area contributed by atoms with Gasteiger partial charge < -0.3 is 14.7 Å². The van der Waals surface area contributed by atoms with Gasteiger partial charge in [-0.2, -0.15) is 0 Å². The zero-order valence-corrected chi connectivity index (χ0v) is 13.4. The number of nitrogens with one attached hydrogen (secondary N) is 2. The molecule has 0 radical (unpaired) electrons. The summed E-state index contributed by atoms with van der Waals surface area (Å²) in [5.41, 5.74) is 2.24. The van der Waals surface area contributed by atoms with E-state index in [1.807, 2.05) is 50.2 Å². The maximum atomic E-state index is 11.9. The Bertz CT molecular complexity index is 650. The van der Waals surface area contributed by atoms with Gasteiger partial charge in [-0.25, -0.2) is 0 Å². The van der Waals surface area contributed by atoms with Crippen molar-refractivity contribution in [3.05, 3.63) is 47.7 Å². The molecule has 2 rings (SSSR count). The molecular formula is C16H20N4O3. The smallest absolute Gasteiger partial charge is 0.314 e. The van der Waals surface area contributed by atoms with E-state index in [4.69, 9.17) is 0 Å². The summed E-state index contributed by atoms with van der Waals surface area (Å²) in [6.07, 6.45) is 1.31. The van der Waals surface area contributed by atoms with Crippen molar-refractivity contribution >= 4 is 17.6 Å². The summed E-state index contributed by atoms with van der Waals surface area (Å²) in [6, 6.07) is 9.50. The Morgan fingerprint density at radius 1 is 1.17 bits per heavy atom. The fraction of sp³-hybridized carbons (Fsp3) is 0.312. The van der Waals surface area contributed by atoms with E-state index in [1.165, 1.54) is 17.9 Å². The summed E-state index contributed by atoms with van der Waals surface area (Å²) in [6.45, 7) is 2.34. The van der Waals surface area contributed by atoms with Crippen LogP contribution in [0.2, 0.25) is 0 Å². The van der Waals surface area contributed by atoms with Crippen molar-refractivity contribution in [1.29, 1.82) is 0 Å². The van der Waals surface area contributed by atoms with E-state index >= 15 is 0 Å². The van der Waals surface area contributed by atoms with Crippen LogP contribution in [-0.4, -0.2) is 42.5 Å². The topological polar surface area (TPSA) is 87.5 Å². The molecule has 0 spiro atoms. The van der Waals surface area contributed by atoms with E-state index in [1.54, 1.807) is 0 Å². The first-order chi connectivity index (χ1) is 11.0. The maximum Gasteiger partial charge on any atom is 0.314 e. The second-order valence-corrected chi connectivity index (χ2v) is 5.44. The molecule has 0 unspecified atom stereocenters. The second kappa shape index (κ2) is 7.55. The van der Waals surface area contributed by atoms with E-state index in [2.05, 4.69) is 20.3 Å². The maximum absolute atomic E-state index is 11.9. The molecule has 122 valence electrons. The summed E-state index contributed by atoms with van der Waals surface area (Å²) in [4.78, 5) is 25.6. The number of carbonyl (C=O) groups is 2. The zero-order chi connectivity index (χ0) is 16.8. The van der Waals surface area contributed by atoms with Crippen LogP contribution < -0.4 is 10.6 Å². The molecule has 0 fully saturated rings.